The number of rotatable bonds is 6. The van der Waals surface area contributed by atoms with E-state index >= 15 is 0 Å². The first-order chi connectivity index (χ1) is 10.1. The highest BCUT2D eigenvalue weighted by Crippen LogP contribution is 2.37. The van der Waals surface area contributed by atoms with Crippen molar-refractivity contribution in [1.82, 2.24) is 4.90 Å². The molecule has 0 aromatic heterocycles. The molecule has 0 bridgehead atoms. The second-order valence-electron chi connectivity index (χ2n) is 5.76. The molecule has 0 amide bonds. The van der Waals surface area contributed by atoms with Crippen LogP contribution in [0.4, 0.5) is 0 Å². The highest BCUT2D eigenvalue weighted by molar-refractivity contribution is 5.45. The zero-order chi connectivity index (χ0) is 15.5. The van der Waals surface area contributed by atoms with Gasteiger partial charge in [0.25, 0.3) is 0 Å². The average Bonchev–Trinajstić information content (AvgIpc) is 2.54. The van der Waals surface area contributed by atoms with Gasteiger partial charge in [0.05, 0.1) is 0 Å². The van der Waals surface area contributed by atoms with Gasteiger partial charge in [-0.25, -0.2) is 0 Å². The van der Waals surface area contributed by atoms with E-state index in [0.29, 0.717) is 13.2 Å². The smallest absolute Gasteiger partial charge is 0.161 e. The minimum Gasteiger partial charge on any atom is -0.486 e. The fourth-order valence-corrected chi connectivity index (χ4v) is 3.20. The summed E-state index contributed by atoms with van der Waals surface area (Å²) in [5.41, 5.74) is 7.68. The van der Waals surface area contributed by atoms with Crippen molar-refractivity contribution in [1.29, 1.82) is 0 Å². The topological polar surface area (TPSA) is 47.7 Å². The second kappa shape index (κ2) is 6.67. The van der Waals surface area contributed by atoms with Crippen LogP contribution in [0.2, 0.25) is 0 Å². The summed E-state index contributed by atoms with van der Waals surface area (Å²) >= 11 is 0. The van der Waals surface area contributed by atoms with Gasteiger partial charge < -0.3 is 15.2 Å². The Balaban J connectivity index is 2.30. The van der Waals surface area contributed by atoms with E-state index in [0.717, 1.165) is 36.6 Å². The molecule has 0 aliphatic carbocycles. The number of fused-ring (bicyclic) bond motifs is 1. The zero-order valence-electron chi connectivity index (χ0n) is 13.7. The molecule has 1 aromatic rings. The van der Waals surface area contributed by atoms with Gasteiger partial charge in [0.1, 0.15) is 13.2 Å². The minimum absolute atomic E-state index is 0.0572. The van der Waals surface area contributed by atoms with Gasteiger partial charge in [0.15, 0.2) is 11.5 Å². The Morgan fingerprint density at radius 1 is 1.14 bits per heavy atom. The quantitative estimate of drug-likeness (QED) is 0.875. The Kier molecular flexibility index (Phi) is 5.12. The van der Waals surface area contributed by atoms with E-state index in [9.17, 15) is 0 Å². The third-order valence-electron chi connectivity index (χ3n) is 4.80. The lowest BCUT2D eigenvalue weighted by atomic mass is 9.83. The standard InChI is InChI=1S/C17H28N2O2/c1-5-17(4,19(6-2)7-3)16(18)13-8-9-14-15(12-13)21-11-10-20-14/h8-9,12,16H,5-7,10-11,18H2,1-4H3. The van der Waals surface area contributed by atoms with E-state index in [4.69, 9.17) is 15.2 Å². The number of hydrogen-bond acceptors (Lipinski definition) is 4. The monoisotopic (exact) mass is 292 g/mol. The molecule has 0 spiro atoms. The van der Waals surface area contributed by atoms with E-state index in [1.807, 2.05) is 12.1 Å². The van der Waals surface area contributed by atoms with Crippen LogP contribution in [-0.4, -0.2) is 36.7 Å². The van der Waals surface area contributed by atoms with Crippen molar-refractivity contribution in [3.8, 4) is 11.5 Å². The Bertz CT molecular complexity index is 474. The molecule has 2 N–H and O–H groups in total. The molecule has 1 aromatic carbocycles. The summed E-state index contributed by atoms with van der Waals surface area (Å²) in [6.07, 6.45) is 1.00. The van der Waals surface area contributed by atoms with Crippen molar-refractivity contribution in [2.24, 2.45) is 5.73 Å². The fourth-order valence-electron chi connectivity index (χ4n) is 3.20. The summed E-state index contributed by atoms with van der Waals surface area (Å²) in [4.78, 5) is 2.44. The van der Waals surface area contributed by atoms with Crippen LogP contribution in [0, 0.1) is 0 Å². The predicted molar refractivity (Wildman–Crippen MR) is 86.0 cm³/mol. The molecule has 0 saturated carbocycles. The lowest BCUT2D eigenvalue weighted by Crippen LogP contribution is -2.53. The van der Waals surface area contributed by atoms with Gasteiger partial charge in [-0.15, -0.1) is 0 Å². The van der Waals surface area contributed by atoms with Gasteiger partial charge in [-0.2, -0.15) is 0 Å². The molecule has 2 atom stereocenters. The van der Waals surface area contributed by atoms with E-state index in [-0.39, 0.29) is 11.6 Å². The van der Waals surface area contributed by atoms with Gasteiger partial charge in [-0.1, -0.05) is 26.8 Å². The molecule has 1 aliphatic heterocycles. The predicted octanol–water partition coefficient (Wildman–Crippen LogP) is 2.97. The summed E-state index contributed by atoms with van der Waals surface area (Å²) in [5.74, 6) is 1.63. The SMILES string of the molecule is CCN(CC)C(C)(CC)C(N)c1ccc2c(c1)OCCO2. The van der Waals surface area contributed by atoms with Crippen molar-refractivity contribution < 1.29 is 9.47 Å². The summed E-state index contributed by atoms with van der Waals surface area (Å²) < 4.78 is 11.3. The van der Waals surface area contributed by atoms with Gasteiger partial charge in [0, 0.05) is 11.6 Å². The normalized spacial score (nSPS) is 18.4. The van der Waals surface area contributed by atoms with Crippen LogP contribution in [0.3, 0.4) is 0 Å². The molecule has 4 nitrogen and oxygen atoms in total. The molecule has 118 valence electrons. The van der Waals surface area contributed by atoms with E-state index < -0.39 is 0 Å². The maximum atomic E-state index is 6.63. The Morgan fingerprint density at radius 2 is 1.76 bits per heavy atom. The van der Waals surface area contributed by atoms with Crippen molar-refractivity contribution in [3.63, 3.8) is 0 Å². The van der Waals surface area contributed by atoms with Gasteiger partial charge in [0.2, 0.25) is 0 Å². The summed E-state index contributed by atoms with van der Waals surface area (Å²) in [5, 5.41) is 0. The largest absolute Gasteiger partial charge is 0.486 e. The van der Waals surface area contributed by atoms with E-state index in [1.165, 1.54) is 0 Å². The fraction of sp³-hybridized carbons (Fsp3) is 0.647. The van der Waals surface area contributed by atoms with Crippen LogP contribution in [0.5, 0.6) is 11.5 Å². The summed E-state index contributed by atoms with van der Waals surface area (Å²) in [6, 6.07) is 6.02. The molecule has 1 heterocycles. The van der Waals surface area contributed by atoms with Crippen molar-refractivity contribution >= 4 is 0 Å². The first-order valence-electron chi connectivity index (χ1n) is 7.97. The Hall–Kier alpha value is -1.26. The van der Waals surface area contributed by atoms with Crippen LogP contribution >= 0.6 is 0 Å². The van der Waals surface area contributed by atoms with Crippen molar-refractivity contribution in [2.75, 3.05) is 26.3 Å². The van der Waals surface area contributed by atoms with Crippen LogP contribution in [0.25, 0.3) is 0 Å². The van der Waals surface area contributed by atoms with Crippen molar-refractivity contribution in [3.05, 3.63) is 23.8 Å². The van der Waals surface area contributed by atoms with E-state index in [1.54, 1.807) is 0 Å². The molecule has 0 saturated heterocycles. The van der Waals surface area contributed by atoms with Crippen LogP contribution in [0.15, 0.2) is 18.2 Å². The lowest BCUT2D eigenvalue weighted by Gasteiger charge is -2.44. The third kappa shape index (κ3) is 3.01. The molecular formula is C17H28N2O2. The molecule has 1 aliphatic rings. The molecule has 0 fully saturated rings. The third-order valence-corrected chi connectivity index (χ3v) is 4.80. The number of likely N-dealkylation sites (N-methyl/N-ethyl adjacent to an activating group) is 1. The average molecular weight is 292 g/mol. The first-order valence-corrected chi connectivity index (χ1v) is 7.97. The molecule has 4 heteroatoms. The lowest BCUT2D eigenvalue weighted by molar-refractivity contribution is 0.0841. The highest BCUT2D eigenvalue weighted by atomic mass is 16.6. The number of benzene rings is 1. The molecule has 21 heavy (non-hydrogen) atoms. The Labute approximate surface area is 128 Å². The number of nitrogens with two attached hydrogens (primary N) is 1. The highest BCUT2D eigenvalue weighted by Gasteiger charge is 2.36. The molecule has 0 radical (unpaired) electrons. The van der Waals surface area contributed by atoms with Crippen molar-refractivity contribution in [2.45, 2.75) is 45.7 Å². The Morgan fingerprint density at radius 3 is 2.33 bits per heavy atom. The van der Waals surface area contributed by atoms with Crippen LogP contribution < -0.4 is 15.2 Å². The zero-order valence-corrected chi connectivity index (χ0v) is 13.7. The molecule has 2 unspecified atom stereocenters. The maximum Gasteiger partial charge on any atom is 0.161 e. The van der Waals surface area contributed by atoms with Gasteiger partial charge in [-0.3, -0.25) is 4.90 Å². The maximum absolute atomic E-state index is 6.63. The second-order valence-corrected chi connectivity index (χ2v) is 5.76. The first kappa shape index (κ1) is 16.1. The minimum atomic E-state index is -0.0622. The van der Waals surface area contributed by atoms with E-state index in [2.05, 4.69) is 38.7 Å². The number of ether oxygens (including phenoxy) is 2. The molecule has 2 rings (SSSR count). The molecular weight excluding hydrogens is 264 g/mol. The number of hydrogen-bond donors (Lipinski definition) is 1. The number of nitrogens with zero attached hydrogens (tertiary/aromatic N) is 1. The van der Waals surface area contributed by atoms with Crippen LogP contribution in [-0.2, 0) is 0 Å². The van der Waals surface area contributed by atoms with Crippen LogP contribution in [0.1, 0.15) is 45.7 Å². The van der Waals surface area contributed by atoms with Gasteiger partial charge in [-0.05, 0) is 44.1 Å². The van der Waals surface area contributed by atoms with Gasteiger partial charge >= 0.3 is 0 Å². The summed E-state index contributed by atoms with van der Waals surface area (Å²) in [6.45, 7) is 12.1. The summed E-state index contributed by atoms with van der Waals surface area (Å²) in [7, 11) is 0.